The van der Waals surface area contributed by atoms with E-state index < -0.39 is 0 Å². The fourth-order valence-corrected chi connectivity index (χ4v) is 9.03. The van der Waals surface area contributed by atoms with E-state index in [1.165, 1.54) is 59.2 Å². The van der Waals surface area contributed by atoms with Gasteiger partial charge in [-0.15, -0.1) is 24.0 Å². The summed E-state index contributed by atoms with van der Waals surface area (Å²) in [4.78, 5) is 6.28. The number of para-hydroxylation sites is 2. The average Bonchev–Trinajstić information content (AvgIpc) is 3.81. The highest BCUT2D eigenvalue weighted by molar-refractivity contribution is 7.84. The summed E-state index contributed by atoms with van der Waals surface area (Å²) in [5.74, 6) is 0.830. The molecule has 0 N–H and O–H groups in total. The number of aromatic nitrogens is 1. The lowest BCUT2D eigenvalue weighted by Gasteiger charge is -2.28. The quantitative estimate of drug-likeness (QED) is 0.117. The molecule has 1 aliphatic carbocycles. The summed E-state index contributed by atoms with van der Waals surface area (Å²) in [5, 5.41) is 2.52. The molecule has 0 spiro atoms. The highest BCUT2D eigenvalue weighted by Crippen LogP contribution is 2.40. The van der Waals surface area contributed by atoms with E-state index in [-0.39, 0.29) is 6.71 Å². The van der Waals surface area contributed by atoms with Crippen molar-refractivity contribution in [3.63, 3.8) is 0 Å². The van der Waals surface area contributed by atoms with Crippen LogP contribution in [0.25, 0.3) is 33.1 Å². The van der Waals surface area contributed by atoms with Crippen LogP contribution in [0.5, 0.6) is 0 Å². The summed E-state index contributed by atoms with van der Waals surface area (Å²) in [7, 11) is 0. The van der Waals surface area contributed by atoms with Crippen LogP contribution in [0.3, 0.4) is 0 Å². The van der Waals surface area contributed by atoms with E-state index in [1.54, 1.807) is 0 Å². The number of rotatable bonds is 9. The van der Waals surface area contributed by atoms with Gasteiger partial charge in [0.2, 0.25) is 6.71 Å². The van der Waals surface area contributed by atoms with Gasteiger partial charge in [0.1, 0.15) is 0 Å². The maximum Gasteiger partial charge on any atom is 0.243 e. The largest absolute Gasteiger partial charge is 0.311 e. The molecule has 252 valence electrons. The molecule has 8 rings (SSSR count). The summed E-state index contributed by atoms with van der Waals surface area (Å²) in [6, 6.07) is 38.1. The van der Waals surface area contributed by atoms with Gasteiger partial charge >= 0.3 is 0 Å². The summed E-state index contributed by atoms with van der Waals surface area (Å²) < 4.78 is 2.40. The first-order valence-corrected chi connectivity index (χ1v) is 19.4. The van der Waals surface area contributed by atoms with E-state index in [9.17, 15) is 0 Å². The van der Waals surface area contributed by atoms with Gasteiger partial charge in [0.25, 0.3) is 0 Å². The Morgan fingerprint density at radius 1 is 0.843 bits per heavy atom. The molecule has 0 amide bonds. The van der Waals surface area contributed by atoms with Crippen molar-refractivity contribution in [1.82, 2.24) is 4.57 Å². The van der Waals surface area contributed by atoms with Gasteiger partial charge in [0.15, 0.2) is 0 Å². The van der Waals surface area contributed by atoms with Crippen LogP contribution in [-0.4, -0.2) is 11.3 Å². The number of thiophene rings is 1. The van der Waals surface area contributed by atoms with Gasteiger partial charge in [-0.05, 0) is 83.7 Å². The second kappa shape index (κ2) is 13.8. The Morgan fingerprint density at radius 3 is 2.27 bits per heavy atom. The van der Waals surface area contributed by atoms with E-state index in [4.69, 9.17) is 12.6 Å². The average molecular weight is 699 g/mol. The van der Waals surface area contributed by atoms with Crippen molar-refractivity contribution in [3.8, 4) is 5.69 Å². The van der Waals surface area contributed by atoms with Crippen molar-refractivity contribution in [2.75, 3.05) is 4.90 Å². The Morgan fingerprint density at radius 2 is 1.57 bits per heavy atom. The Hall–Kier alpha value is -4.71. The van der Waals surface area contributed by atoms with E-state index in [1.807, 2.05) is 11.3 Å². The first kappa shape index (κ1) is 33.4. The number of thiol groups is 1. The van der Waals surface area contributed by atoms with Crippen LogP contribution in [0, 0.1) is 5.92 Å². The number of nitrogens with zero attached hydrogens (tertiary/aromatic N) is 2. The second-order valence-electron chi connectivity index (χ2n) is 14.2. The maximum absolute atomic E-state index is 4.93. The standard InChI is InChI=1S/C46H43BN2S2/c1-6-37-40(28-44(50)30(2)3)47(41-29-45(31(4)5)51-46(37)41)32-21-23-35(24-22-32)48(33-15-9-7-10-16-33)36-25-26-39-38-19-13-14-20-42(38)49(43(39)27-36)34-17-11-8-12-18-34/h6,8-9,11-31,50H,1,7,10H2,2-5H3/b44-28-. The zero-order chi connectivity index (χ0) is 35.2. The van der Waals surface area contributed by atoms with Crippen LogP contribution in [0.4, 0.5) is 11.4 Å². The number of hydrogen-bond donors (Lipinski definition) is 1. The molecule has 2 aromatic heterocycles. The molecule has 1 aliphatic heterocycles. The van der Waals surface area contributed by atoms with Crippen LogP contribution in [0.2, 0.25) is 0 Å². The minimum absolute atomic E-state index is 0.131. The second-order valence-corrected chi connectivity index (χ2v) is 15.8. The minimum atomic E-state index is 0.131. The first-order valence-electron chi connectivity index (χ1n) is 18.1. The van der Waals surface area contributed by atoms with Crippen LogP contribution in [-0.2, 0) is 0 Å². The third-order valence-corrected chi connectivity index (χ3v) is 12.4. The third-order valence-electron chi connectivity index (χ3n) is 10.3. The topological polar surface area (TPSA) is 8.17 Å². The number of allylic oxidation sites excluding steroid dienone is 8. The molecular weight excluding hydrogens is 655 g/mol. The lowest BCUT2D eigenvalue weighted by Crippen LogP contribution is -2.41. The highest BCUT2D eigenvalue weighted by Gasteiger charge is 2.36. The molecule has 51 heavy (non-hydrogen) atoms. The molecule has 0 bridgehead atoms. The normalized spacial score (nSPS) is 14.7. The van der Waals surface area contributed by atoms with Crippen molar-refractivity contribution >= 4 is 80.4 Å². The Bertz CT molecular complexity index is 2400. The molecule has 4 aromatic carbocycles. The molecule has 0 fully saturated rings. The molecule has 0 unspecified atom stereocenters. The van der Waals surface area contributed by atoms with E-state index >= 15 is 0 Å². The minimum Gasteiger partial charge on any atom is -0.311 e. The predicted octanol–water partition coefficient (Wildman–Crippen LogP) is 11.9. The lowest BCUT2D eigenvalue weighted by atomic mass is 9.38. The van der Waals surface area contributed by atoms with Crippen molar-refractivity contribution in [3.05, 3.63) is 166 Å². The Balaban J connectivity index is 1.26. The highest BCUT2D eigenvalue weighted by atomic mass is 32.1. The van der Waals surface area contributed by atoms with Gasteiger partial charge in [-0.3, -0.25) is 0 Å². The van der Waals surface area contributed by atoms with Gasteiger partial charge in [-0.2, -0.15) is 0 Å². The summed E-state index contributed by atoms with van der Waals surface area (Å²) >= 11 is 6.85. The van der Waals surface area contributed by atoms with Crippen molar-refractivity contribution in [2.45, 2.75) is 46.5 Å². The number of fused-ring (bicyclic) bond motifs is 4. The first-order chi connectivity index (χ1) is 24.8. The van der Waals surface area contributed by atoms with Gasteiger partial charge in [0.05, 0.1) is 11.0 Å². The molecule has 0 saturated heterocycles. The number of anilines is 2. The zero-order valence-electron chi connectivity index (χ0n) is 29.8. The van der Waals surface area contributed by atoms with Gasteiger partial charge in [-0.1, -0.05) is 136 Å². The fraction of sp³-hybridized carbons (Fsp3) is 0.174. The lowest BCUT2D eigenvalue weighted by molar-refractivity contribution is 0.818. The molecular formula is C46H43BN2S2. The predicted molar refractivity (Wildman–Crippen MR) is 228 cm³/mol. The van der Waals surface area contributed by atoms with Gasteiger partial charge in [0, 0.05) is 43.3 Å². The fourth-order valence-electron chi connectivity index (χ4n) is 7.63. The molecule has 2 aliphatic rings. The maximum atomic E-state index is 4.93. The Labute approximate surface area is 312 Å². The molecule has 3 heterocycles. The van der Waals surface area contributed by atoms with Gasteiger partial charge in [-0.25, -0.2) is 0 Å². The smallest absolute Gasteiger partial charge is 0.243 e. The van der Waals surface area contributed by atoms with Crippen LogP contribution >= 0.6 is 24.0 Å². The third kappa shape index (κ3) is 5.97. The SMILES string of the molecule is C=CC1=C(/C=C(\S)C(C)C)B(c2ccc(N(C3=CCCC=C3)c3ccc4c5ccccc5n(-c5ccccc5)c4c3)cc2)c2cc(C(C)C)sc21. The van der Waals surface area contributed by atoms with Gasteiger partial charge < -0.3 is 9.47 Å². The van der Waals surface area contributed by atoms with Crippen molar-refractivity contribution in [2.24, 2.45) is 5.92 Å². The molecule has 0 radical (unpaired) electrons. The van der Waals surface area contributed by atoms with Crippen molar-refractivity contribution in [1.29, 1.82) is 0 Å². The molecule has 6 aromatic rings. The molecule has 5 heteroatoms. The van der Waals surface area contributed by atoms with E-state index in [0.29, 0.717) is 11.8 Å². The summed E-state index contributed by atoms with van der Waals surface area (Å²) in [5.41, 5.74) is 12.3. The number of benzene rings is 4. The number of hydrogen-bond acceptors (Lipinski definition) is 3. The summed E-state index contributed by atoms with van der Waals surface area (Å²) in [6.45, 7) is 13.4. The Kier molecular flexibility index (Phi) is 9.04. The van der Waals surface area contributed by atoms with E-state index in [0.717, 1.165) is 34.8 Å². The molecule has 2 nitrogen and oxygen atoms in total. The van der Waals surface area contributed by atoms with Crippen LogP contribution in [0.15, 0.2) is 156 Å². The summed E-state index contributed by atoms with van der Waals surface area (Å²) in [6.07, 6.45) is 13.4. The van der Waals surface area contributed by atoms with Crippen molar-refractivity contribution < 1.29 is 0 Å². The monoisotopic (exact) mass is 698 g/mol. The van der Waals surface area contributed by atoms with Crippen LogP contribution < -0.4 is 15.8 Å². The molecule has 0 atom stereocenters. The zero-order valence-corrected chi connectivity index (χ0v) is 31.5. The van der Waals surface area contributed by atoms with E-state index in [2.05, 4.69) is 177 Å². The van der Waals surface area contributed by atoms with Crippen LogP contribution in [0.1, 0.15) is 56.2 Å². The molecule has 0 saturated carbocycles.